The first-order valence-corrected chi connectivity index (χ1v) is 10.6. The summed E-state index contributed by atoms with van der Waals surface area (Å²) < 4.78 is -1.25. The molecule has 162 valence electrons. The van der Waals surface area contributed by atoms with Crippen molar-refractivity contribution in [1.82, 2.24) is 15.5 Å². The Balaban J connectivity index is 1.42. The van der Waals surface area contributed by atoms with E-state index in [9.17, 15) is 19.6 Å². The highest BCUT2D eigenvalue weighted by molar-refractivity contribution is 6.02. The molecule has 0 aliphatic carbocycles. The number of amides is 3. The van der Waals surface area contributed by atoms with Gasteiger partial charge in [-0.05, 0) is 45.1 Å². The number of benzene rings is 1. The van der Waals surface area contributed by atoms with E-state index < -0.39 is 28.4 Å². The molecule has 2 saturated heterocycles. The van der Waals surface area contributed by atoms with E-state index in [4.69, 9.17) is 0 Å². The molecule has 2 unspecified atom stereocenters. The van der Waals surface area contributed by atoms with E-state index in [-0.39, 0.29) is 19.4 Å². The van der Waals surface area contributed by atoms with Crippen LogP contribution in [0.2, 0.25) is 0 Å². The predicted octanol–water partition coefficient (Wildman–Crippen LogP) is 0.556. The van der Waals surface area contributed by atoms with Gasteiger partial charge in [-0.1, -0.05) is 6.07 Å². The van der Waals surface area contributed by atoms with Gasteiger partial charge in [0.2, 0.25) is 5.91 Å². The Labute approximate surface area is 176 Å². The van der Waals surface area contributed by atoms with Gasteiger partial charge in [0.1, 0.15) is 6.54 Å². The maximum Gasteiger partial charge on any atom is 0.347 e. The molecule has 3 amide bonds. The molecule has 9 nitrogen and oxygen atoms in total. The highest BCUT2D eigenvalue weighted by Crippen LogP contribution is 2.37. The summed E-state index contributed by atoms with van der Waals surface area (Å²) in [5.74, 6) is -1.65. The first kappa shape index (κ1) is 20.9. The number of carbonyl (C=O) groups is 3. The molecule has 0 saturated carbocycles. The number of likely N-dealkylation sites (tertiary alicyclic amines) is 1. The lowest BCUT2D eigenvalue weighted by Gasteiger charge is -2.42. The lowest BCUT2D eigenvalue weighted by Crippen LogP contribution is -2.60. The topological polar surface area (TPSA) is 114 Å². The molecule has 1 aromatic rings. The summed E-state index contributed by atoms with van der Waals surface area (Å²) in [5, 5.41) is 22.4. The van der Waals surface area contributed by atoms with Crippen molar-refractivity contribution in [3.05, 3.63) is 34.5 Å². The Morgan fingerprint density at radius 3 is 2.67 bits per heavy atom. The summed E-state index contributed by atoms with van der Waals surface area (Å²) in [4.78, 5) is 39.0. The quantitative estimate of drug-likeness (QED) is 0.353. The second-order valence-corrected chi connectivity index (χ2v) is 8.39. The standard InChI is InChI=1S/C21H29N5O4/c1-22-14-7-10-25(11-8-14)12-9-23-17-4-2-3-15-16(17)13-26(30,21(15)29)18-5-6-19(27)24-20(18)28/h2-4,14,18,22-23H,5-13H2,1H3,(H,24,27,28). The molecule has 0 radical (unpaired) electrons. The van der Waals surface area contributed by atoms with Gasteiger partial charge >= 0.3 is 5.91 Å². The SMILES string of the molecule is CNC1CCN(CCNc2cccc3c2C[N+]([O-])(C2CCC(=O)NC2=O)C3=O)CC1. The predicted molar refractivity (Wildman–Crippen MR) is 111 cm³/mol. The van der Waals surface area contributed by atoms with E-state index in [0.29, 0.717) is 23.7 Å². The van der Waals surface area contributed by atoms with Crippen molar-refractivity contribution in [2.24, 2.45) is 0 Å². The summed E-state index contributed by atoms with van der Waals surface area (Å²) in [6, 6.07) is 4.79. The molecular weight excluding hydrogens is 386 g/mol. The van der Waals surface area contributed by atoms with Crippen molar-refractivity contribution in [3.63, 3.8) is 0 Å². The number of anilines is 1. The Hall–Kier alpha value is -2.33. The molecule has 30 heavy (non-hydrogen) atoms. The van der Waals surface area contributed by atoms with Crippen LogP contribution in [0.4, 0.5) is 5.69 Å². The first-order valence-electron chi connectivity index (χ1n) is 10.6. The van der Waals surface area contributed by atoms with Crippen LogP contribution in [0.1, 0.15) is 41.6 Å². The number of rotatable bonds is 6. The minimum atomic E-state index is -1.25. The van der Waals surface area contributed by atoms with Crippen molar-refractivity contribution in [1.29, 1.82) is 0 Å². The average molecular weight is 415 g/mol. The zero-order valence-electron chi connectivity index (χ0n) is 17.3. The van der Waals surface area contributed by atoms with Gasteiger partial charge in [-0.2, -0.15) is 0 Å². The summed E-state index contributed by atoms with van der Waals surface area (Å²) in [7, 11) is 2.00. The highest BCUT2D eigenvalue weighted by atomic mass is 16.6. The molecule has 1 aromatic carbocycles. The van der Waals surface area contributed by atoms with Crippen LogP contribution in [0, 0.1) is 5.21 Å². The number of imide groups is 1. The summed E-state index contributed by atoms with van der Waals surface area (Å²) in [6.45, 7) is 3.62. The number of piperidine rings is 2. The maximum absolute atomic E-state index is 13.5. The van der Waals surface area contributed by atoms with Gasteiger partial charge in [-0.3, -0.25) is 19.6 Å². The van der Waals surface area contributed by atoms with Crippen molar-refractivity contribution in [2.75, 3.05) is 38.5 Å². The van der Waals surface area contributed by atoms with Crippen LogP contribution < -0.4 is 16.0 Å². The molecule has 2 fully saturated rings. The van der Waals surface area contributed by atoms with Crippen LogP contribution in [-0.2, 0) is 16.1 Å². The van der Waals surface area contributed by atoms with E-state index in [0.717, 1.165) is 38.2 Å². The first-order chi connectivity index (χ1) is 14.4. The molecule has 2 atom stereocenters. The van der Waals surface area contributed by atoms with Crippen LogP contribution in [0.3, 0.4) is 0 Å². The fourth-order valence-electron chi connectivity index (χ4n) is 4.76. The smallest absolute Gasteiger partial charge is 0.347 e. The number of hydroxylamine groups is 3. The van der Waals surface area contributed by atoms with Crippen LogP contribution >= 0.6 is 0 Å². The van der Waals surface area contributed by atoms with Gasteiger partial charge in [-0.15, -0.1) is 0 Å². The maximum atomic E-state index is 13.5. The monoisotopic (exact) mass is 415 g/mol. The van der Waals surface area contributed by atoms with E-state index in [1.807, 2.05) is 13.1 Å². The van der Waals surface area contributed by atoms with Crippen molar-refractivity contribution in [2.45, 2.75) is 44.3 Å². The number of fused-ring (bicyclic) bond motifs is 1. The van der Waals surface area contributed by atoms with Crippen molar-refractivity contribution >= 4 is 23.4 Å². The van der Waals surface area contributed by atoms with Crippen LogP contribution in [0.15, 0.2) is 18.2 Å². The van der Waals surface area contributed by atoms with E-state index in [2.05, 4.69) is 20.9 Å². The Morgan fingerprint density at radius 1 is 1.20 bits per heavy atom. The summed E-state index contributed by atoms with van der Waals surface area (Å²) in [6.07, 6.45) is 2.44. The van der Waals surface area contributed by atoms with Gasteiger partial charge < -0.3 is 20.7 Å². The zero-order chi connectivity index (χ0) is 21.3. The molecule has 3 aliphatic heterocycles. The number of nitrogens with one attached hydrogen (secondary N) is 3. The molecule has 9 heteroatoms. The molecule has 0 aromatic heterocycles. The van der Waals surface area contributed by atoms with Gasteiger partial charge in [-0.25, -0.2) is 4.79 Å². The number of nitrogens with zero attached hydrogens (tertiary/aromatic N) is 2. The zero-order valence-corrected chi connectivity index (χ0v) is 17.3. The minimum absolute atomic E-state index is 0.0810. The molecule has 3 N–H and O–H groups in total. The molecule has 4 rings (SSSR count). The van der Waals surface area contributed by atoms with Crippen LogP contribution in [-0.4, -0.2) is 72.6 Å². The number of hydrogen-bond donors (Lipinski definition) is 3. The molecule has 0 spiro atoms. The number of carbonyl (C=O) groups excluding carboxylic acids is 3. The number of quaternary nitrogens is 1. The number of hydrogen-bond acceptors (Lipinski definition) is 7. The largest absolute Gasteiger partial charge is 0.624 e. The van der Waals surface area contributed by atoms with E-state index in [1.165, 1.54) is 0 Å². The minimum Gasteiger partial charge on any atom is -0.624 e. The average Bonchev–Trinajstić information content (AvgIpc) is 3.00. The summed E-state index contributed by atoms with van der Waals surface area (Å²) >= 11 is 0. The highest BCUT2D eigenvalue weighted by Gasteiger charge is 2.50. The van der Waals surface area contributed by atoms with Gasteiger partial charge in [0, 0.05) is 43.2 Å². The molecular formula is C21H29N5O4. The lowest BCUT2D eigenvalue weighted by atomic mass is 10.0. The molecule has 3 aliphatic rings. The summed E-state index contributed by atoms with van der Waals surface area (Å²) in [5.41, 5.74) is 1.81. The third-order valence-electron chi connectivity index (χ3n) is 6.60. The Morgan fingerprint density at radius 2 is 1.97 bits per heavy atom. The van der Waals surface area contributed by atoms with Crippen molar-refractivity contribution < 1.29 is 19.0 Å². The van der Waals surface area contributed by atoms with Gasteiger partial charge in [0.25, 0.3) is 5.91 Å². The fourth-order valence-corrected chi connectivity index (χ4v) is 4.76. The van der Waals surface area contributed by atoms with Gasteiger partial charge in [0.15, 0.2) is 6.04 Å². The Bertz CT molecular complexity index is 852. The normalized spacial score (nSPS) is 27.8. The van der Waals surface area contributed by atoms with Gasteiger partial charge in [0.05, 0.1) is 5.56 Å². The third-order valence-corrected chi connectivity index (χ3v) is 6.60. The third kappa shape index (κ3) is 3.85. The fraction of sp³-hybridized carbons (Fsp3) is 0.571. The van der Waals surface area contributed by atoms with Crippen LogP contribution in [0.25, 0.3) is 0 Å². The van der Waals surface area contributed by atoms with Crippen molar-refractivity contribution in [3.8, 4) is 0 Å². The second-order valence-electron chi connectivity index (χ2n) is 8.39. The molecule has 3 heterocycles. The van der Waals surface area contributed by atoms with E-state index >= 15 is 0 Å². The van der Waals surface area contributed by atoms with Crippen LogP contribution in [0.5, 0.6) is 0 Å². The van der Waals surface area contributed by atoms with E-state index in [1.54, 1.807) is 12.1 Å². The molecule has 0 bridgehead atoms. The second kappa shape index (κ2) is 8.43. The lowest BCUT2D eigenvalue weighted by molar-refractivity contribution is -0.825. The Kier molecular flexibility index (Phi) is 5.88.